The molecule has 1 N–H and O–H groups in total. The van der Waals surface area contributed by atoms with Gasteiger partial charge in [0.2, 0.25) is 0 Å². The average Bonchev–Trinajstić information content (AvgIpc) is 3.20. The Morgan fingerprint density at radius 3 is 2.57 bits per heavy atom. The van der Waals surface area contributed by atoms with Crippen LogP contribution in [0.5, 0.6) is 0 Å². The Labute approximate surface area is 174 Å². The number of nitrogens with one attached hydrogen (secondary N) is 1. The lowest BCUT2D eigenvalue weighted by molar-refractivity contribution is 0.0939. The second kappa shape index (κ2) is 8.29. The molecule has 1 amide bonds. The molecule has 0 aliphatic rings. The zero-order valence-corrected chi connectivity index (χ0v) is 16.7. The van der Waals surface area contributed by atoms with E-state index in [2.05, 4.69) is 15.4 Å². The van der Waals surface area contributed by atoms with Crippen molar-refractivity contribution < 1.29 is 9.18 Å². The quantitative estimate of drug-likeness (QED) is 0.520. The minimum atomic E-state index is -0.327. The van der Waals surface area contributed by atoms with Crippen molar-refractivity contribution in [2.75, 3.05) is 0 Å². The Kier molecular flexibility index (Phi) is 5.39. The third kappa shape index (κ3) is 4.12. The van der Waals surface area contributed by atoms with E-state index < -0.39 is 0 Å². The number of benzene rings is 2. The number of pyridine rings is 1. The predicted molar refractivity (Wildman–Crippen MR) is 114 cm³/mol. The van der Waals surface area contributed by atoms with Crippen molar-refractivity contribution in [1.82, 2.24) is 20.1 Å². The molecule has 6 heteroatoms. The summed E-state index contributed by atoms with van der Waals surface area (Å²) in [4.78, 5) is 17.5. The predicted octanol–water partition coefficient (Wildman–Crippen LogP) is 4.87. The van der Waals surface area contributed by atoms with E-state index in [-0.39, 0.29) is 17.8 Å². The molecule has 0 saturated carbocycles. The van der Waals surface area contributed by atoms with Gasteiger partial charge in [-0.2, -0.15) is 5.10 Å². The van der Waals surface area contributed by atoms with Crippen molar-refractivity contribution in [3.8, 4) is 16.9 Å². The summed E-state index contributed by atoms with van der Waals surface area (Å²) in [6.45, 7) is 3.88. The molecule has 30 heavy (non-hydrogen) atoms. The van der Waals surface area contributed by atoms with Gasteiger partial charge in [-0.3, -0.25) is 9.78 Å². The summed E-state index contributed by atoms with van der Waals surface area (Å²) in [5.41, 5.74) is 4.35. The molecule has 1 atom stereocenters. The molecule has 0 aliphatic carbocycles. The first-order chi connectivity index (χ1) is 14.5. The van der Waals surface area contributed by atoms with Crippen LogP contribution in [0.1, 0.15) is 34.6 Å². The van der Waals surface area contributed by atoms with Crippen molar-refractivity contribution >= 4 is 5.91 Å². The highest BCUT2D eigenvalue weighted by Crippen LogP contribution is 2.25. The zero-order chi connectivity index (χ0) is 21.1. The van der Waals surface area contributed by atoms with E-state index >= 15 is 0 Å². The van der Waals surface area contributed by atoms with Crippen LogP contribution in [0.3, 0.4) is 0 Å². The van der Waals surface area contributed by atoms with Crippen LogP contribution >= 0.6 is 0 Å². The number of aromatic nitrogens is 3. The number of carbonyl (C=O) groups is 1. The SMILES string of the molecule is Cc1cccc(-c2nn(-c3ccc(F)cc3)cc2C(=O)N[C@H](C)c2ccccn2)c1. The second-order valence-electron chi connectivity index (χ2n) is 7.13. The molecule has 0 fully saturated rings. The first-order valence-corrected chi connectivity index (χ1v) is 9.66. The number of amides is 1. The molecule has 2 aromatic heterocycles. The van der Waals surface area contributed by atoms with Crippen molar-refractivity contribution in [3.63, 3.8) is 0 Å². The van der Waals surface area contributed by atoms with E-state index in [1.54, 1.807) is 29.2 Å². The van der Waals surface area contributed by atoms with E-state index in [4.69, 9.17) is 0 Å². The number of nitrogens with zero attached hydrogens (tertiary/aromatic N) is 3. The van der Waals surface area contributed by atoms with Gasteiger partial charge >= 0.3 is 0 Å². The number of hydrogen-bond donors (Lipinski definition) is 1. The maximum Gasteiger partial charge on any atom is 0.255 e. The van der Waals surface area contributed by atoms with E-state index in [0.29, 0.717) is 16.9 Å². The van der Waals surface area contributed by atoms with Gasteiger partial charge in [0.05, 0.1) is 23.0 Å². The standard InChI is InChI=1S/C24H21FN4O/c1-16-6-5-7-18(14-16)23-21(15-29(28-23)20-11-9-19(25)10-12-20)24(30)27-17(2)22-8-3-4-13-26-22/h3-15,17H,1-2H3,(H,27,30)/t17-/m1/s1. The summed E-state index contributed by atoms with van der Waals surface area (Å²) in [5.74, 6) is -0.579. The van der Waals surface area contributed by atoms with Gasteiger partial charge in [-0.05, 0) is 56.3 Å². The van der Waals surface area contributed by atoms with Gasteiger partial charge in [0.15, 0.2) is 0 Å². The van der Waals surface area contributed by atoms with Crippen molar-refractivity contribution in [3.05, 3.63) is 102 Å². The third-order valence-corrected chi connectivity index (χ3v) is 4.82. The van der Waals surface area contributed by atoms with Gasteiger partial charge < -0.3 is 5.32 Å². The van der Waals surface area contributed by atoms with Crippen LogP contribution in [0.2, 0.25) is 0 Å². The van der Waals surface area contributed by atoms with Gasteiger partial charge in [0.1, 0.15) is 11.5 Å². The van der Waals surface area contributed by atoms with Crippen LogP contribution < -0.4 is 5.32 Å². The first-order valence-electron chi connectivity index (χ1n) is 9.66. The molecule has 0 radical (unpaired) electrons. The lowest BCUT2D eigenvalue weighted by Crippen LogP contribution is -2.27. The molecule has 0 unspecified atom stereocenters. The van der Waals surface area contributed by atoms with Crippen LogP contribution in [0.4, 0.5) is 4.39 Å². The molecule has 0 aliphatic heterocycles. The minimum Gasteiger partial charge on any atom is -0.344 e. The second-order valence-corrected chi connectivity index (χ2v) is 7.13. The Balaban J connectivity index is 1.73. The number of aryl methyl sites for hydroxylation is 1. The topological polar surface area (TPSA) is 59.8 Å². The van der Waals surface area contributed by atoms with Crippen LogP contribution in [-0.4, -0.2) is 20.7 Å². The van der Waals surface area contributed by atoms with Crippen LogP contribution in [0.15, 0.2) is 79.1 Å². The Morgan fingerprint density at radius 2 is 1.87 bits per heavy atom. The van der Waals surface area contributed by atoms with Crippen LogP contribution in [0.25, 0.3) is 16.9 Å². The summed E-state index contributed by atoms with van der Waals surface area (Å²) >= 11 is 0. The van der Waals surface area contributed by atoms with E-state index in [1.165, 1.54) is 12.1 Å². The monoisotopic (exact) mass is 400 g/mol. The summed E-state index contributed by atoms with van der Waals surface area (Å²) in [7, 11) is 0. The van der Waals surface area contributed by atoms with Crippen LogP contribution in [-0.2, 0) is 0 Å². The van der Waals surface area contributed by atoms with Gasteiger partial charge in [-0.15, -0.1) is 0 Å². The summed E-state index contributed by atoms with van der Waals surface area (Å²) in [6, 6.07) is 19.1. The van der Waals surface area contributed by atoms with E-state index in [1.807, 2.05) is 56.3 Å². The molecule has 0 bridgehead atoms. The Morgan fingerprint density at radius 1 is 1.07 bits per heavy atom. The fourth-order valence-corrected chi connectivity index (χ4v) is 3.25. The maximum absolute atomic E-state index is 13.3. The summed E-state index contributed by atoms with van der Waals surface area (Å²) in [5, 5.41) is 7.64. The molecular weight excluding hydrogens is 379 g/mol. The minimum absolute atomic E-state index is 0.252. The highest BCUT2D eigenvalue weighted by atomic mass is 19.1. The fraction of sp³-hybridized carbons (Fsp3) is 0.125. The van der Waals surface area contributed by atoms with E-state index in [0.717, 1.165) is 16.8 Å². The van der Waals surface area contributed by atoms with Gasteiger partial charge in [0.25, 0.3) is 5.91 Å². The zero-order valence-electron chi connectivity index (χ0n) is 16.7. The Bertz CT molecular complexity index is 1170. The number of carbonyl (C=O) groups excluding carboxylic acids is 1. The molecule has 4 aromatic rings. The summed E-state index contributed by atoms with van der Waals surface area (Å²) < 4.78 is 14.9. The van der Waals surface area contributed by atoms with Gasteiger partial charge in [0, 0.05) is 18.0 Å². The third-order valence-electron chi connectivity index (χ3n) is 4.82. The molecule has 2 heterocycles. The molecule has 0 spiro atoms. The molecular formula is C24H21FN4O. The largest absolute Gasteiger partial charge is 0.344 e. The van der Waals surface area contributed by atoms with Crippen molar-refractivity contribution in [1.29, 1.82) is 0 Å². The average molecular weight is 400 g/mol. The lowest BCUT2D eigenvalue weighted by Gasteiger charge is -2.13. The lowest BCUT2D eigenvalue weighted by atomic mass is 10.0. The molecule has 4 rings (SSSR count). The number of hydrogen-bond acceptors (Lipinski definition) is 3. The summed E-state index contributed by atoms with van der Waals surface area (Å²) in [6.07, 6.45) is 3.37. The number of halogens is 1. The van der Waals surface area contributed by atoms with E-state index in [9.17, 15) is 9.18 Å². The molecule has 150 valence electrons. The number of rotatable bonds is 5. The van der Waals surface area contributed by atoms with Crippen molar-refractivity contribution in [2.24, 2.45) is 0 Å². The van der Waals surface area contributed by atoms with Crippen LogP contribution in [0, 0.1) is 12.7 Å². The van der Waals surface area contributed by atoms with Gasteiger partial charge in [-0.1, -0.05) is 29.8 Å². The van der Waals surface area contributed by atoms with Gasteiger partial charge in [-0.25, -0.2) is 9.07 Å². The normalized spacial score (nSPS) is 11.8. The fourth-order valence-electron chi connectivity index (χ4n) is 3.25. The van der Waals surface area contributed by atoms with Crippen molar-refractivity contribution in [2.45, 2.75) is 19.9 Å². The molecule has 2 aromatic carbocycles. The highest BCUT2D eigenvalue weighted by Gasteiger charge is 2.21. The molecule has 0 saturated heterocycles. The maximum atomic E-state index is 13.3. The molecule has 5 nitrogen and oxygen atoms in total. The first kappa shape index (κ1) is 19.5. The smallest absolute Gasteiger partial charge is 0.255 e. The highest BCUT2D eigenvalue weighted by molar-refractivity contribution is 6.00. The Hall–Kier alpha value is -3.80.